The number of hydrogen-bond donors (Lipinski definition) is 0. The van der Waals surface area contributed by atoms with E-state index in [0.29, 0.717) is 5.91 Å². The third-order valence-electron chi connectivity index (χ3n) is 4.45. The van der Waals surface area contributed by atoms with E-state index in [1.54, 1.807) is 0 Å². The van der Waals surface area contributed by atoms with Crippen LogP contribution in [0.5, 0.6) is 0 Å². The SMILES string of the molecule is CCCCCCCCCCCCCC(=O)N1CCCC1. The van der Waals surface area contributed by atoms with Crippen LogP contribution in [0.3, 0.4) is 0 Å². The monoisotopic (exact) mass is 281 g/mol. The zero-order valence-corrected chi connectivity index (χ0v) is 13.7. The summed E-state index contributed by atoms with van der Waals surface area (Å²) in [4.78, 5) is 13.9. The maximum atomic E-state index is 11.8. The third-order valence-corrected chi connectivity index (χ3v) is 4.45. The molecule has 0 aromatic carbocycles. The molecule has 0 radical (unpaired) electrons. The molecule has 0 spiro atoms. The van der Waals surface area contributed by atoms with E-state index >= 15 is 0 Å². The summed E-state index contributed by atoms with van der Waals surface area (Å²) in [7, 11) is 0. The molecule has 0 aromatic heterocycles. The van der Waals surface area contributed by atoms with Crippen molar-refractivity contribution in [2.75, 3.05) is 13.1 Å². The molecule has 0 aliphatic carbocycles. The molecule has 1 aliphatic rings. The minimum absolute atomic E-state index is 0.401. The Labute approximate surface area is 126 Å². The molecule has 2 heteroatoms. The first-order chi connectivity index (χ1) is 9.84. The van der Waals surface area contributed by atoms with E-state index in [-0.39, 0.29) is 0 Å². The van der Waals surface area contributed by atoms with E-state index in [0.717, 1.165) is 25.9 Å². The van der Waals surface area contributed by atoms with Gasteiger partial charge in [0.25, 0.3) is 0 Å². The topological polar surface area (TPSA) is 20.3 Å². The summed E-state index contributed by atoms with van der Waals surface area (Å²) in [5, 5.41) is 0. The molecule has 0 aromatic rings. The summed E-state index contributed by atoms with van der Waals surface area (Å²) in [5.41, 5.74) is 0. The Kier molecular flexibility index (Phi) is 10.7. The molecule has 0 N–H and O–H groups in total. The highest BCUT2D eigenvalue weighted by molar-refractivity contribution is 5.76. The van der Waals surface area contributed by atoms with Crippen molar-refractivity contribution in [1.82, 2.24) is 4.90 Å². The Morgan fingerprint density at radius 2 is 1.20 bits per heavy atom. The van der Waals surface area contributed by atoms with Crippen LogP contribution < -0.4 is 0 Å². The summed E-state index contributed by atoms with van der Waals surface area (Å²) in [6, 6.07) is 0. The second-order valence-corrected chi connectivity index (χ2v) is 6.37. The molecular weight excluding hydrogens is 246 g/mol. The Bertz CT molecular complexity index is 234. The normalized spacial score (nSPS) is 14.9. The molecule has 0 unspecified atom stereocenters. The first-order valence-corrected chi connectivity index (χ1v) is 9.12. The number of carbonyl (C=O) groups excluding carboxylic acids is 1. The van der Waals surface area contributed by atoms with Gasteiger partial charge in [-0.3, -0.25) is 4.79 Å². The molecule has 1 heterocycles. The van der Waals surface area contributed by atoms with Gasteiger partial charge in [-0.05, 0) is 19.3 Å². The van der Waals surface area contributed by atoms with Gasteiger partial charge in [0.05, 0.1) is 0 Å². The van der Waals surface area contributed by atoms with Gasteiger partial charge in [-0.2, -0.15) is 0 Å². The van der Waals surface area contributed by atoms with Crippen LogP contribution in [0, 0.1) is 0 Å². The molecule has 1 aliphatic heterocycles. The Morgan fingerprint density at radius 1 is 0.750 bits per heavy atom. The average Bonchev–Trinajstić information content (AvgIpc) is 2.99. The zero-order valence-electron chi connectivity index (χ0n) is 13.7. The lowest BCUT2D eigenvalue weighted by molar-refractivity contribution is -0.130. The largest absolute Gasteiger partial charge is 0.343 e. The van der Waals surface area contributed by atoms with Gasteiger partial charge in [-0.25, -0.2) is 0 Å². The van der Waals surface area contributed by atoms with Gasteiger partial charge in [-0.1, -0.05) is 71.1 Å². The third kappa shape index (κ3) is 8.60. The minimum Gasteiger partial charge on any atom is -0.343 e. The van der Waals surface area contributed by atoms with Gasteiger partial charge in [0, 0.05) is 19.5 Å². The van der Waals surface area contributed by atoms with E-state index in [4.69, 9.17) is 0 Å². The summed E-state index contributed by atoms with van der Waals surface area (Å²) in [6.07, 6.45) is 18.1. The van der Waals surface area contributed by atoms with Gasteiger partial charge in [0.1, 0.15) is 0 Å². The Hall–Kier alpha value is -0.530. The van der Waals surface area contributed by atoms with Crippen LogP contribution in [0.2, 0.25) is 0 Å². The van der Waals surface area contributed by atoms with Crippen molar-refractivity contribution in [2.45, 2.75) is 96.8 Å². The fourth-order valence-corrected chi connectivity index (χ4v) is 3.07. The van der Waals surface area contributed by atoms with Crippen molar-refractivity contribution in [3.05, 3.63) is 0 Å². The lowest BCUT2D eigenvalue weighted by Crippen LogP contribution is -2.27. The maximum absolute atomic E-state index is 11.8. The summed E-state index contributed by atoms with van der Waals surface area (Å²) >= 11 is 0. The second-order valence-electron chi connectivity index (χ2n) is 6.37. The first kappa shape index (κ1) is 17.5. The maximum Gasteiger partial charge on any atom is 0.222 e. The van der Waals surface area contributed by atoms with Crippen LogP contribution in [-0.4, -0.2) is 23.9 Å². The molecule has 2 nitrogen and oxygen atoms in total. The highest BCUT2D eigenvalue weighted by Gasteiger charge is 2.16. The molecule has 1 amide bonds. The van der Waals surface area contributed by atoms with Crippen LogP contribution in [0.25, 0.3) is 0 Å². The number of rotatable bonds is 12. The number of carbonyl (C=O) groups is 1. The number of unbranched alkanes of at least 4 members (excludes halogenated alkanes) is 10. The van der Waals surface area contributed by atoms with E-state index in [1.807, 2.05) is 0 Å². The van der Waals surface area contributed by atoms with E-state index in [1.165, 1.54) is 77.0 Å². The number of amides is 1. The lowest BCUT2D eigenvalue weighted by atomic mass is 10.1. The molecule has 20 heavy (non-hydrogen) atoms. The summed E-state index contributed by atoms with van der Waals surface area (Å²) in [5.74, 6) is 0.401. The summed E-state index contributed by atoms with van der Waals surface area (Å²) < 4.78 is 0. The molecule has 1 saturated heterocycles. The predicted molar refractivity (Wildman–Crippen MR) is 86.9 cm³/mol. The van der Waals surface area contributed by atoms with Gasteiger partial charge >= 0.3 is 0 Å². The van der Waals surface area contributed by atoms with Crippen LogP contribution in [0.4, 0.5) is 0 Å². The highest BCUT2D eigenvalue weighted by atomic mass is 16.2. The molecule has 0 atom stereocenters. The van der Waals surface area contributed by atoms with E-state index < -0.39 is 0 Å². The lowest BCUT2D eigenvalue weighted by Gasteiger charge is -2.14. The van der Waals surface area contributed by atoms with Crippen molar-refractivity contribution in [1.29, 1.82) is 0 Å². The van der Waals surface area contributed by atoms with Crippen LogP contribution in [-0.2, 0) is 4.79 Å². The van der Waals surface area contributed by atoms with Crippen molar-refractivity contribution in [3.8, 4) is 0 Å². The minimum atomic E-state index is 0.401. The smallest absolute Gasteiger partial charge is 0.222 e. The van der Waals surface area contributed by atoms with Gasteiger partial charge in [0.15, 0.2) is 0 Å². The van der Waals surface area contributed by atoms with Crippen molar-refractivity contribution >= 4 is 5.91 Å². The van der Waals surface area contributed by atoms with Crippen molar-refractivity contribution < 1.29 is 4.79 Å². The average molecular weight is 281 g/mol. The quantitative estimate of drug-likeness (QED) is 0.444. The number of nitrogens with zero attached hydrogens (tertiary/aromatic N) is 1. The molecular formula is C18H35NO. The van der Waals surface area contributed by atoms with Crippen LogP contribution in [0.15, 0.2) is 0 Å². The number of hydrogen-bond acceptors (Lipinski definition) is 1. The van der Waals surface area contributed by atoms with E-state index in [2.05, 4.69) is 11.8 Å². The fraction of sp³-hybridized carbons (Fsp3) is 0.944. The standard InChI is InChI=1S/C18H35NO/c1-2-3-4-5-6-7-8-9-10-11-12-15-18(20)19-16-13-14-17-19/h2-17H2,1H3. The van der Waals surface area contributed by atoms with Gasteiger partial charge in [-0.15, -0.1) is 0 Å². The predicted octanol–water partition coefficient (Wildman–Crippen LogP) is 5.31. The highest BCUT2D eigenvalue weighted by Crippen LogP contribution is 2.14. The summed E-state index contributed by atoms with van der Waals surface area (Å²) in [6.45, 7) is 4.29. The first-order valence-electron chi connectivity index (χ1n) is 9.12. The molecule has 1 rings (SSSR count). The fourth-order valence-electron chi connectivity index (χ4n) is 3.07. The van der Waals surface area contributed by atoms with Crippen molar-refractivity contribution in [2.24, 2.45) is 0 Å². The van der Waals surface area contributed by atoms with Crippen LogP contribution in [0.1, 0.15) is 96.8 Å². The Balaban J connectivity index is 1.77. The van der Waals surface area contributed by atoms with Crippen LogP contribution >= 0.6 is 0 Å². The Morgan fingerprint density at radius 3 is 1.70 bits per heavy atom. The second kappa shape index (κ2) is 12.2. The molecule has 0 bridgehead atoms. The van der Waals surface area contributed by atoms with Gasteiger partial charge in [0.2, 0.25) is 5.91 Å². The molecule has 0 saturated carbocycles. The number of likely N-dealkylation sites (tertiary alicyclic amines) is 1. The van der Waals surface area contributed by atoms with E-state index in [9.17, 15) is 4.79 Å². The van der Waals surface area contributed by atoms with Crippen molar-refractivity contribution in [3.63, 3.8) is 0 Å². The zero-order chi connectivity index (χ0) is 14.5. The van der Waals surface area contributed by atoms with Gasteiger partial charge < -0.3 is 4.90 Å². The molecule has 1 fully saturated rings. The molecule has 118 valence electrons.